The average Bonchev–Trinajstić information content (AvgIpc) is 3.66. The van der Waals surface area contributed by atoms with Gasteiger partial charge in [-0.05, 0) is 78.8 Å². The number of amidine groups is 1. The standard InChI is InChI=1S/C27H27N3O4/c1-2-32-25(31)27(18-14-29-33-15-18)16-28-26(34-27)30-24-21-12-6-10-19(21)23(17-8-4-3-5-9-17)20-11-7-13-22(20)24/h3-5,8-9,14-15H,2,6-7,10-13,16H2,1H3,(H,28,30). The second-order valence-corrected chi connectivity index (χ2v) is 9.05. The molecule has 1 aliphatic heterocycles. The molecule has 0 bridgehead atoms. The normalized spacial score (nSPS) is 20.4. The van der Waals surface area contributed by atoms with E-state index in [1.54, 1.807) is 6.92 Å². The smallest absolute Gasteiger partial charge is 0.357 e. The Hall–Kier alpha value is -3.61. The lowest BCUT2D eigenvalue weighted by molar-refractivity contribution is -0.161. The van der Waals surface area contributed by atoms with Gasteiger partial charge in [0.25, 0.3) is 11.6 Å². The lowest BCUT2D eigenvalue weighted by Crippen LogP contribution is -2.41. The molecule has 0 saturated heterocycles. The molecule has 0 spiro atoms. The first-order valence-corrected chi connectivity index (χ1v) is 12.0. The molecular formula is C27H27N3O4. The van der Waals surface area contributed by atoms with Crippen LogP contribution in [0.3, 0.4) is 0 Å². The second kappa shape index (κ2) is 8.31. The van der Waals surface area contributed by atoms with Gasteiger partial charge in [0.2, 0.25) is 0 Å². The molecule has 6 rings (SSSR count). The fourth-order valence-corrected chi connectivity index (χ4v) is 5.67. The first-order valence-electron chi connectivity index (χ1n) is 12.0. The first kappa shape index (κ1) is 21.0. The number of hydrogen-bond donors (Lipinski definition) is 1. The molecule has 1 atom stereocenters. The summed E-state index contributed by atoms with van der Waals surface area (Å²) in [5.74, 6) is -0.492. The highest BCUT2D eigenvalue weighted by Crippen LogP contribution is 2.46. The Morgan fingerprint density at radius 1 is 1.06 bits per heavy atom. The molecule has 1 unspecified atom stereocenters. The van der Waals surface area contributed by atoms with E-state index in [2.05, 4.69) is 45.8 Å². The number of nitrogens with zero attached hydrogens (tertiary/aromatic N) is 2. The maximum absolute atomic E-state index is 12.9. The molecule has 0 radical (unpaired) electrons. The number of anilines is 1. The van der Waals surface area contributed by atoms with Crippen LogP contribution < -0.4 is 5.32 Å². The molecule has 1 N–H and O–H groups in total. The van der Waals surface area contributed by atoms with Gasteiger partial charge in [-0.3, -0.25) is 0 Å². The molecule has 1 aromatic heterocycles. The van der Waals surface area contributed by atoms with Crippen molar-refractivity contribution in [2.75, 3.05) is 18.5 Å². The molecular weight excluding hydrogens is 430 g/mol. The van der Waals surface area contributed by atoms with Crippen molar-refractivity contribution in [1.82, 2.24) is 5.16 Å². The fraction of sp³-hybridized carbons (Fsp3) is 0.370. The summed E-state index contributed by atoms with van der Waals surface area (Å²) < 4.78 is 16.5. The summed E-state index contributed by atoms with van der Waals surface area (Å²) in [5.41, 5.74) is 8.53. The highest BCUT2D eigenvalue weighted by atomic mass is 16.6. The van der Waals surface area contributed by atoms with Crippen molar-refractivity contribution < 1.29 is 18.8 Å². The summed E-state index contributed by atoms with van der Waals surface area (Å²) in [6, 6.07) is 11.1. The van der Waals surface area contributed by atoms with Crippen molar-refractivity contribution >= 4 is 17.7 Å². The summed E-state index contributed by atoms with van der Waals surface area (Å²) in [7, 11) is 0. The van der Waals surface area contributed by atoms with Crippen molar-refractivity contribution in [3.8, 4) is 11.1 Å². The predicted octanol–water partition coefficient (Wildman–Crippen LogP) is 4.58. The summed E-state index contributed by atoms with van der Waals surface area (Å²) >= 11 is 0. The largest absolute Gasteiger partial charge is 0.463 e. The maximum Gasteiger partial charge on any atom is 0.357 e. The molecule has 2 aliphatic carbocycles. The number of carbonyl (C=O) groups is 1. The number of nitrogens with one attached hydrogen (secondary N) is 1. The SMILES string of the molecule is CCOC(=O)C1(c2cnoc2)CN=C(Nc2c3c(c(-c4ccccc4)c4c2CCC4)CCC3)O1. The number of fused-ring (bicyclic) bond motifs is 2. The van der Waals surface area contributed by atoms with Gasteiger partial charge in [0.05, 0.1) is 18.4 Å². The van der Waals surface area contributed by atoms with Crippen molar-refractivity contribution in [2.24, 2.45) is 4.99 Å². The highest BCUT2D eigenvalue weighted by molar-refractivity contribution is 5.98. The van der Waals surface area contributed by atoms with Crippen LogP contribution >= 0.6 is 0 Å². The third-order valence-electron chi connectivity index (χ3n) is 7.16. The minimum atomic E-state index is -1.38. The van der Waals surface area contributed by atoms with E-state index < -0.39 is 11.6 Å². The summed E-state index contributed by atoms with van der Waals surface area (Å²) in [4.78, 5) is 17.5. The number of esters is 1. The van der Waals surface area contributed by atoms with Crippen LogP contribution in [0, 0.1) is 0 Å². The topological polar surface area (TPSA) is 86.0 Å². The van der Waals surface area contributed by atoms with E-state index >= 15 is 0 Å². The van der Waals surface area contributed by atoms with Crippen molar-refractivity contribution in [2.45, 2.75) is 51.0 Å². The van der Waals surface area contributed by atoms with Gasteiger partial charge in [-0.1, -0.05) is 35.5 Å². The molecule has 174 valence electrons. The van der Waals surface area contributed by atoms with Crippen molar-refractivity contribution in [3.63, 3.8) is 0 Å². The van der Waals surface area contributed by atoms with Crippen molar-refractivity contribution in [3.05, 3.63) is 70.6 Å². The molecule has 7 nitrogen and oxygen atoms in total. The van der Waals surface area contributed by atoms with Crippen LogP contribution in [0.1, 0.15) is 47.6 Å². The van der Waals surface area contributed by atoms with Crippen LogP contribution in [0.15, 0.2) is 52.3 Å². The molecule has 3 aromatic rings. The fourth-order valence-electron chi connectivity index (χ4n) is 5.67. The van der Waals surface area contributed by atoms with Crippen LogP contribution in [0.4, 0.5) is 5.69 Å². The minimum absolute atomic E-state index is 0.113. The minimum Gasteiger partial charge on any atom is -0.463 e. The molecule has 0 saturated carbocycles. The average molecular weight is 458 g/mol. The third kappa shape index (κ3) is 3.22. The van der Waals surface area contributed by atoms with E-state index in [0.29, 0.717) is 11.6 Å². The quantitative estimate of drug-likeness (QED) is 0.565. The van der Waals surface area contributed by atoms with E-state index in [4.69, 9.17) is 14.0 Å². The van der Waals surface area contributed by atoms with Gasteiger partial charge < -0.3 is 19.3 Å². The molecule has 2 heterocycles. The van der Waals surface area contributed by atoms with Gasteiger partial charge in [0, 0.05) is 5.69 Å². The Morgan fingerprint density at radius 2 is 1.76 bits per heavy atom. The number of benzene rings is 2. The van der Waals surface area contributed by atoms with Crippen LogP contribution in [0.5, 0.6) is 0 Å². The Kier molecular flexibility index (Phi) is 5.12. The van der Waals surface area contributed by atoms with Crippen LogP contribution in [-0.2, 0) is 45.6 Å². The number of rotatable bonds is 5. The van der Waals surface area contributed by atoms with Gasteiger partial charge in [0.1, 0.15) is 12.8 Å². The zero-order valence-corrected chi connectivity index (χ0v) is 19.2. The number of carbonyl (C=O) groups excluding carboxylic acids is 1. The molecule has 3 aliphatic rings. The van der Waals surface area contributed by atoms with Gasteiger partial charge in [0.15, 0.2) is 0 Å². The van der Waals surface area contributed by atoms with E-state index in [1.807, 2.05) is 0 Å². The van der Waals surface area contributed by atoms with E-state index in [-0.39, 0.29) is 13.2 Å². The Balaban J connectivity index is 1.38. The van der Waals surface area contributed by atoms with Crippen molar-refractivity contribution in [1.29, 1.82) is 0 Å². The number of aliphatic imine (C=N–C) groups is 1. The third-order valence-corrected chi connectivity index (χ3v) is 7.16. The molecule has 34 heavy (non-hydrogen) atoms. The van der Waals surface area contributed by atoms with Gasteiger partial charge in [-0.25, -0.2) is 9.79 Å². The van der Waals surface area contributed by atoms with E-state index in [0.717, 1.165) is 44.2 Å². The predicted molar refractivity (Wildman–Crippen MR) is 128 cm³/mol. The number of ether oxygens (including phenoxy) is 2. The van der Waals surface area contributed by atoms with Gasteiger partial charge >= 0.3 is 5.97 Å². The molecule has 2 aromatic carbocycles. The van der Waals surface area contributed by atoms with E-state index in [1.165, 1.54) is 45.8 Å². The lowest BCUT2D eigenvalue weighted by Gasteiger charge is -2.25. The molecule has 0 amide bonds. The van der Waals surface area contributed by atoms with Gasteiger partial charge in [-0.15, -0.1) is 0 Å². The van der Waals surface area contributed by atoms with Gasteiger partial charge in [-0.2, -0.15) is 0 Å². The molecule has 0 fully saturated rings. The summed E-state index contributed by atoms with van der Waals surface area (Å²) in [6.45, 7) is 2.14. The zero-order chi connectivity index (χ0) is 23.1. The highest BCUT2D eigenvalue weighted by Gasteiger charge is 2.50. The van der Waals surface area contributed by atoms with E-state index in [9.17, 15) is 4.79 Å². The van der Waals surface area contributed by atoms with Crippen LogP contribution in [-0.4, -0.2) is 30.3 Å². The summed E-state index contributed by atoms with van der Waals surface area (Å²) in [6.07, 6.45) is 9.35. The summed E-state index contributed by atoms with van der Waals surface area (Å²) in [5, 5.41) is 7.27. The maximum atomic E-state index is 12.9. The van der Waals surface area contributed by atoms with Crippen LogP contribution in [0.25, 0.3) is 11.1 Å². The monoisotopic (exact) mass is 457 g/mol. The Bertz CT molecular complexity index is 1230. The molecule has 7 heteroatoms. The second-order valence-electron chi connectivity index (χ2n) is 9.05. The van der Waals surface area contributed by atoms with Crippen LogP contribution in [0.2, 0.25) is 0 Å². The number of hydrogen-bond acceptors (Lipinski definition) is 7. The first-order chi connectivity index (χ1) is 16.7. The zero-order valence-electron chi connectivity index (χ0n) is 19.2. The Morgan fingerprint density at radius 3 is 2.41 bits per heavy atom. The Labute approximate surface area is 198 Å². The number of aromatic nitrogens is 1. The lowest BCUT2D eigenvalue weighted by atomic mass is 9.88.